The summed E-state index contributed by atoms with van der Waals surface area (Å²) in [5.41, 5.74) is 1.52. The second-order valence-corrected chi connectivity index (χ2v) is 12.2. The first-order valence-electron chi connectivity index (χ1n) is 12.6. The number of hydrogen-bond acceptors (Lipinski definition) is 5. The molecule has 39 heavy (non-hydrogen) atoms. The average molecular weight is 571 g/mol. The standard InChI is InChI=1S/C28H28ClFN4O4S/c1-18-28(11-14-33(15-12-28)19(2)35)23-16-20(27(36)32-17-25-24(29)4-3-13-31-25)5-10-26(23)34(18)39(37,38)22-8-6-21(30)7-9-22/h3-10,13,16,18H,11-12,14-15,17H2,1-2H3,(H,32,36). The number of piperidine rings is 1. The SMILES string of the molecule is CC(=O)N1CCC2(CC1)c1cc(C(=O)NCc3ncccc3Cl)ccc1N(S(=O)(=O)c1ccc(F)cc1)C2C. The van der Waals surface area contributed by atoms with Crippen LogP contribution in [0.2, 0.25) is 5.02 Å². The number of fused-ring (bicyclic) bond motifs is 2. The van der Waals surface area contributed by atoms with E-state index in [0.717, 1.165) is 17.7 Å². The highest BCUT2D eigenvalue weighted by molar-refractivity contribution is 7.92. The number of rotatable bonds is 5. The summed E-state index contributed by atoms with van der Waals surface area (Å²) in [5.74, 6) is -0.907. The smallest absolute Gasteiger partial charge is 0.264 e. The minimum absolute atomic E-state index is 0.0195. The van der Waals surface area contributed by atoms with E-state index in [1.165, 1.54) is 23.4 Å². The van der Waals surface area contributed by atoms with Crippen LogP contribution in [0, 0.1) is 5.82 Å². The second-order valence-electron chi connectivity index (χ2n) is 9.94. The first-order chi connectivity index (χ1) is 18.5. The van der Waals surface area contributed by atoms with Crippen LogP contribution in [0.3, 0.4) is 0 Å². The third kappa shape index (κ3) is 4.76. The van der Waals surface area contributed by atoms with Gasteiger partial charge in [-0.15, -0.1) is 0 Å². The number of carbonyl (C=O) groups excluding carboxylic acids is 2. The molecule has 3 aromatic rings. The molecule has 0 bridgehead atoms. The van der Waals surface area contributed by atoms with E-state index in [4.69, 9.17) is 11.6 Å². The van der Waals surface area contributed by atoms with Crippen molar-refractivity contribution in [2.45, 2.75) is 49.6 Å². The van der Waals surface area contributed by atoms with Gasteiger partial charge in [-0.05, 0) is 79.9 Å². The maximum Gasteiger partial charge on any atom is 0.264 e. The van der Waals surface area contributed by atoms with Crippen LogP contribution < -0.4 is 9.62 Å². The molecule has 1 unspecified atom stereocenters. The van der Waals surface area contributed by atoms with Crippen LogP contribution >= 0.6 is 11.6 Å². The van der Waals surface area contributed by atoms with E-state index in [1.807, 2.05) is 6.92 Å². The van der Waals surface area contributed by atoms with Gasteiger partial charge >= 0.3 is 0 Å². The van der Waals surface area contributed by atoms with Crippen molar-refractivity contribution in [2.75, 3.05) is 17.4 Å². The van der Waals surface area contributed by atoms with Crippen molar-refractivity contribution in [3.8, 4) is 0 Å². The number of amides is 2. The Balaban J connectivity index is 1.53. The summed E-state index contributed by atoms with van der Waals surface area (Å²) in [5, 5.41) is 3.28. The molecule has 5 rings (SSSR count). The molecular formula is C28H28ClFN4O4S. The Morgan fingerprint density at radius 2 is 1.82 bits per heavy atom. The Morgan fingerprint density at radius 3 is 2.46 bits per heavy atom. The van der Waals surface area contributed by atoms with Gasteiger partial charge in [0.05, 0.1) is 33.9 Å². The van der Waals surface area contributed by atoms with Crippen molar-refractivity contribution in [3.63, 3.8) is 0 Å². The number of anilines is 1. The van der Waals surface area contributed by atoms with Gasteiger partial charge in [0.25, 0.3) is 15.9 Å². The quantitative estimate of drug-likeness (QED) is 0.493. The normalized spacial score (nSPS) is 18.2. The molecule has 2 amide bonds. The topological polar surface area (TPSA) is 99.7 Å². The van der Waals surface area contributed by atoms with Gasteiger partial charge in [0.2, 0.25) is 5.91 Å². The average Bonchev–Trinajstić information content (AvgIpc) is 3.15. The predicted octanol–water partition coefficient (Wildman–Crippen LogP) is 4.28. The molecule has 1 spiro atoms. The van der Waals surface area contributed by atoms with Gasteiger partial charge < -0.3 is 10.2 Å². The van der Waals surface area contributed by atoms with E-state index < -0.39 is 27.3 Å². The summed E-state index contributed by atoms with van der Waals surface area (Å²) in [4.78, 5) is 31.1. The van der Waals surface area contributed by atoms with Crippen molar-refractivity contribution in [3.05, 3.63) is 88.5 Å². The zero-order valence-corrected chi connectivity index (χ0v) is 23.1. The molecule has 204 valence electrons. The Hall–Kier alpha value is -3.50. The first kappa shape index (κ1) is 27.1. The molecule has 0 saturated carbocycles. The lowest BCUT2D eigenvalue weighted by Gasteiger charge is -2.43. The Kier molecular flexibility index (Phi) is 7.11. The summed E-state index contributed by atoms with van der Waals surface area (Å²) in [7, 11) is -4.04. The Labute approximate surface area is 231 Å². The molecule has 3 heterocycles. The molecule has 1 aromatic heterocycles. The van der Waals surface area contributed by atoms with Gasteiger partial charge in [-0.1, -0.05) is 11.6 Å². The maximum absolute atomic E-state index is 13.9. The number of sulfonamides is 1. The third-order valence-corrected chi connectivity index (χ3v) is 10.1. The van der Waals surface area contributed by atoms with Crippen molar-refractivity contribution < 1.29 is 22.4 Å². The lowest BCUT2D eigenvalue weighted by atomic mass is 9.70. The number of aromatic nitrogens is 1. The van der Waals surface area contributed by atoms with Crippen LogP contribution in [0.5, 0.6) is 0 Å². The number of nitrogens with zero attached hydrogens (tertiary/aromatic N) is 3. The number of halogens is 2. The van der Waals surface area contributed by atoms with Crippen molar-refractivity contribution >= 4 is 39.1 Å². The highest BCUT2D eigenvalue weighted by Crippen LogP contribution is 2.53. The van der Waals surface area contributed by atoms with Gasteiger partial charge in [0, 0.05) is 37.2 Å². The zero-order chi connectivity index (χ0) is 27.9. The number of benzene rings is 2. The lowest BCUT2D eigenvalue weighted by molar-refractivity contribution is -0.130. The fourth-order valence-corrected chi connectivity index (χ4v) is 7.64. The molecule has 2 aromatic carbocycles. The van der Waals surface area contributed by atoms with E-state index in [0.29, 0.717) is 47.9 Å². The first-order valence-corrected chi connectivity index (χ1v) is 14.4. The molecule has 1 saturated heterocycles. The molecule has 0 aliphatic carbocycles. The van der Waals surface area contributed by atoms with Crippen LogP contribution in [0.4, 0.5) is 10.1 Å². The summed E-state index contributed by atoms with van der Waals surface area (Å²) >= 11 is 6.17. The van der Waals surface area contributed by atoms with E-state index >= 15 is 0 Å². The molecular weight excluding hydrogens is 543 g/mol. The zero-order valence-electron chi connectivity index (χ0n) is 21.5. The third-order valence-electron chi connectivity index (χ3n) is 7.91. The summed E-state index contributed by atoms with van der Waals surface area (Å²) in [6, 6.07) is 12.7. The minimum Gasteiger partial charge on any atom is -0.346 e. The van der Waals surface area contributed by atoms with Crippen LogP contribution in [0.25, 0.3) is 0 Å². The summed E-state index contributed by atoms with van der Waals surface area (Å²) in [6.07, 6.45) is 2.66. The largest absolute Gasteiger partial charge is 0.346 e. The second kappa shape index (κ2) is 10.2. The number of hydrogen-bond donors (Lipinski definition) is 1. The van der Waals surface area contributed by atoms with Gasteiger partial charge in [-0.25, -0.2) is 12.8 Å². The van der Waals surface area contributed by atoms with Crippen LogP contribution in [-0.2, 0) is 26.8 Å². The van der Waals surface area contributed by atoms with Crippen molar-refractivity contribution in [2.24, 2.45) is 0 Å². The van der Waals surface area contributed by atoms with E-state index in [9.17, 15) is 22.4 Å². The highest BCUT2D eigenvalue weighted by Gasteiger charge is 2.54. The number of pyridine rings is 1. The Morgan fingerprint density at radius 1 is 1.13 bits per heavy atom. The van der Waals surface area contributed by atoms with Crippen molar-refractivity contribution in [1.29, 1.82) is 0 Å². The highest BCUT2D eigenvalue weighted by atomic mass is 35.5. The summed E-state index contributed by atoms with van der Waals surface area (Å²) < 4.78 is 42.7. The number of carbonyl (C=O) groups is 2. The molecule has 2 aliphatic heterocycles. The predicted molar refractivity (Wildman–Crippen MR) is 146 cm³/mol. The van der Waals surface area contributed by atoms with Crippen LogP contribution in [0.15, 0.2) is 65.7 Å². The molecule has 1 atom stereocenters. The molecule has 8 nitrogen and oxygen atoms in total. The molecule has 1 N–H and O–H groups in total. The van der Waals surface area contributed by atoms with Crippen LogP contribution in [0.1, 0.15) is 48.3 Å². The van der Waals surface area contributed by atoms with Gasteiger partial charge in [-0.3, -0.25) is 18.9 Å². The molecule has 0 radical (unpaired) electrons. The fourth-order valence-electron chi connectivity index (χ4n) is 5.71. The fraction of sp³-hybridized carbons (Fsp3) is 0.321. The number of likely N-dealkylation sites (tertiary alicyclic amines) is 1. The van der Waals surface area contributed by atoms with E-state index in [-0.39, 0.29) is 23.3 Å². The molecule has 2 aliphatic rings. The minimum atomic E-state index is -4.04. The van der Waals surface area contributed by atoms with E-state index in [1.54, 1.807) is 41.4 Å². The molecule has 1 fully saturated rings. The monoisotopic (exact) mass is 570 g/mol. The van der Waals surface area contributed by atoms with Crippen LogP contribution in [-0.4, -0.2) is 49.2 Å². The number of nitrogens with one attached hydrogen (secondary N) is 1. The Bertz CT molecular complexity index is 1540. The lowest BCUT2D eigenvalue weighted by Crippen LogP contribution is -2.52. The molecule has 11 heteroatoms. The van der Waals surface area contributed by atoms with Gasteiger partial charge in [-0.2, -0.15) is 0 Å². The summed E-state index contributed by atoms with van der Waals surface area (Å²) in [6.45, 7) is 4.45. The van der Waals surface area contributed by atoms with E-state index in [2.05, 4.69) is 10.3 Å². The van der Waals surface area contributed by atoms with Gasteiger partial charge in [0.1, 0.15) is 5.82 Å². The van der Waals surface area contributed by atoms with Crippen molar-refractivity contribution in [1.82, 2.24) is 15.2 Å². The maximum atomic E-state index is 13.9. The van der Waals surface area contributed by atoms with Gasteiger partial charge in [0.15, 0.2) is 0 Å².